The second kappa shape index (κ2) is 30.6. The molecule has 0 aliphatic heterocycles. The Morgan fingerprint density at radius 3 is 1.62 bits per heavy atom. The summed E-state index contributed by atoms with van der Waals surface area (Å²) in [6.07, 6.45) is 25.5. The maximum atomic E-state index is 12.5. The second-order valence-corrected chi connectivity index (χ2v) is 14.2. The van der Waals surface area contributed by atoms with Crippen molar-refractivity contribution >= 4 is 6.09 Å². The maximum absolute atomic E-state index is 12.5. The van der Waals surface area contributed by atoms with E-state index in [0.717, 1.165) is 19.3 Å². The number of hydrogen-bond acceptors (Lipinski definition) is 8. The number of nitrogens with one attached hydrogen (secondary N) is 1. The summed E-state index contributed by atoms with van der Waals surface area (Å²) >= 11 is 0. The first-order valence-electron chi connectivity index (χ1n) is 19.9. The molecule has 1 aliphatic carbocycles. The largest absolute Gasteiger partial charge is 0.450 e. The molecular formula is C39H75NO8. The van der Waals surface area contributed by atoms with Crippen molar-refractivity contribution in [2.75, 3.05) is 13.2 Å². The van der Waals surface area contributed by atoms with Crippen molar-refractivity contribution in [3.8, 4) is 0 Å². The van der Waals surface area contributed by atoms with Gasteiger partial charge in [0.15, 0.2) is 0 Å². The molecule has 7 unspecified atom stereocenters. The highest BCUT2D eigenvalue weighted by Gasteiger charge is 2.34. The third kappa shape index (κ3) is 23.2. The van der Waals surface area contributed by atoms with E-state index in [2.05, 4.69) is 12.2 Å². The molecule has 0 spiro atoms. The van der Waals surface area contributed by atoms with Crippen LogP contribution in [0.25, 0.3) is 0 Å². The van der Waals surface area contributed by atoms with E-state index >= 15 is 0 Å². The van der Waals surface area contributed by atoms with Crippen LogP contribution in [0.5, 0.6) is 0 Å². The van der Waals surface area contributed by atoms with Crippen molar-refractivity contribution in [2.45, 2.75) is 217 Å². The van der Waals surface area contributed by atoms with Gasteiger partial charge in [-0.3, -0.25) is 0 Å². The van der Waals surface area contributed by atoms with Crippen molar-refractivity contribution in [1.29, 1.82) is 0 Å². The molecule has 7 atom stereocenters. The number of rotatable bonds is 31. The average Bonchev–Trinajstić information content (AvgIpc) is 3.19. The van der Waals surface area contributed by atoms with Crippen LogP contribution in [0.2, 0.25) is 0 Å². The summed E-state index contributed by atoms with van der Waals surface area (Å²) in [6.45, 7) is 4.20. The Kier molecular flexibility index (Phi) is 28.5. The number of unbranched alkanes of at least 4 members (excludes halogenated alkanes) is 21. The predicted molar refractivity (Wildman–Crippen MR) is 194 cm³/mol. The number of carbonyl (C=O) groups is 1. The molecule has 0 bridgehead atoms. The summed E-state index contributed by atoms with van der Waals surface area (Å²) < 4.78 is 11.1. The predicted octanol–water partition coefficient (Wildman–Crippen LogP) is 7.63. The molecule has 0 aromatic carbocycles. The van der Waals surface area contributed by atoms with E-state index in [9.17, 15) is 30.3 Å². The minimum atomic E-state index is -1.41. The molecule has 0 aromatic heterocycles. The monoisotopic (exact) mass is 686 g/mol. The van der Waals surface area contributed by atoms with Crippen LogP contribution in [-0.2, 0) is 9.47 Å². The Labute approximate surface area is 293 Å². The summed E-state index contributed by atoms with van der Waals surface area (Å²) in [5.41, 5.74) is 0. The summed E-state index contributed by atoms with van der Waals surface area (Å²) in [5, 5.41) is 53.6. The maximum Gasteiger partial charge on any atom is 0.407 e. The summed E-state index contributed by atoms with van der Waals surface area (Å²) in [4.78, 5) is 12.5. The zero-order valence-electron chi connectivity index (χ0n) is 30.7. The Morgan fingerprint density at radius 2 is 1.17 bits per heavy atom. The van der Waals surface area contributed by atoms with Gasteiger partial charge in [0.05, 0.1) is 37.6 Å². The van der Waals surface area contributed by atoms with Crippen molar-refractivity contribution < 1.29 is 39.8 Å². The fourth-order valence-corrected chi connectivity index (χ4v) is 6.35. The van der Waals surface area contributed by atoms with Gasteiger partial charge < -0.3 is 40.3 Å². The molecule has 284 valence electrons. The van der Waals surface area contributed by atoms with Gasteiger partial charge >= 0.3 is 6.09 Å². The van der Waals surface area contributed by atoms with Gasteiger partial charge in [-0.05, 0) is 19.3 Å². The van der Waals surface area contributed by atoms with Gasteiger partial charge in [0.1, 0.15) is 18.3 Å². The number of carbonyl (C=O) groups excluding carboxylic acids is 1. The molecule has 1 aliphatic rings. The lowest BCUT2D eigenvalue weighted by atomic mass is 10.0. The highest BCUT2D eigenvalue weighted by atomic mass is 16.5. The molecule has 0 saturated heterocycles. The molecule has 0 saturated carbocycles. The number of ether oxygens (including phenoxy) is 2. The van der Waals surface area contributed by atoms with Crippen LogP contribution in [0.3, 0.4) is 0 Å². The Balaban J connectivity index is 2.06. The number of hydrogen-bond donors (Lipinski definition) is 6. The highest BCUT2D eigenvalue weighted by Crippen LogP contribution is 2.19. The minimum absolute atomic E-state index is 0.0404. The van der Waals surface area contributed by atoms with Gasteiger partial charge in [-0.2, -0.15) is 0 Å². The first-order valence-corrected chi connectivity index (χ1v) is 19.9. The van der Waals surface area contributed by atoms with Crippen molar-refractivity contribution in [3.63, 3.8) is 0 Å². The molecule has 9 nitrogen and oxygen atoms in total. The van der Waals surface area contributed by atoms with Crippen LogP contribution in [0.4, 0.5) is 4.79 Å². The van der Waals surface area contributed by atoms with Crippen LogP contribution in [0.15, 0.2) is 12.2 Å². The highest BCUT2D eigenvalue weighted by molar-refractivity contribution is 5.67. The lowest BCUT2D eigenvalue weighted by molar-refractivity contribution is -0.117. The number of aliphatic hydroxyl groups is 5. The van der Waals surface area contributed by atoms with Gasteiger partial charge in [-0.1, -0.05) is 161 Å². The van der Waals surface area contributed by atoms with E-state index in [1.54, 1.807) is 13.0 Å². The van der Waals surface area contributed by atoms with Crippen LogP contribution in [0.1, 0.15) is 174 Å². The first-order chi connectivity index (χ1) is 23.3. The summed E-state index contributed by atoms with van der Waals surface area (Å²) in [5.74, 6) is 0. The number of aliphatic hydroxyl groups excluding tert-OH is 5. The third-order valence-corrected chi connectivity index (χ3v) is 9.76. The Bertz CT molecular complexity index is 768. The zero-order valence-corrected chi connectivity index (χ0v) is 30.7. The van der Waals surface area contributed by atoms with Crippen LogP contribution in [0, 0.1) is 0 Å². The lowest BCUT2D eigenvalue weighted by Crippen LogP contribution is -2.50. The van der Waals surface area contributed by atoms with Crippen LogP contribution >= 0.6 is 0 Å². The van der Waals surface area contributed by atoms with E-state index in [1.165, 1.54) is 128 Å². The molecule has 48 heavy (non-hydrogen) atoms. The lowest BCUT2D eigenvalue weighted by Gasteiger charge is -2.30. The van der Waals surface area contributed by atoms with Crippen molar-refractivity contribution in [2.24, 2.45) is 0 Å². The number of alkyl carbamates (subject to hydrolysis) is 1. The molecule has 0 heterocycles. The van der Waals surface area contributed by atoms with E-state index in [0.29, 0.717) is 6.42 Å². The Morgan fingerprint density at radius 1 is 0.708 bits per heavy atom. The molecule has 6 N–H and O–H groups in total. The quantitative estimate of drug-likeness (QED) is 0.0322. The normalized spacial score (nSPS) is 21.5. The van der Waals surface area contributed by atoms with E-state index < -0.39 is 48.8 Å². The molecule has 9 heteroatoms. The number of amides is 1. The third-order valence-electron chi connectivity index (χ3n) is 9.76. The van der Waals surface area contributed by atoms with E-state index in [1.807, 2.05) is 0 Å². The first kappa shape index (κ1) is 44.8. The van der Waals surface area contributed by atoms with Gasteiger partial charge in [0, 0.05) is 6.42 Å². The van der Waals surface area contributed by atoms with Gasteiger partial charge in [-0.15, -0.1) is 0 Å². The average molecular weight is 686 g/mol. The van der Waals surface area contributed by atoms with Gasteiger partial charge in [0.2, 0.25) is 0 Å². The van der Waals surface area contributed by atoms with Gasteiger partial charge in [-0.25, -0.2) is 4.79 Å². The molecular weight excluding hydrogens is 610 g/mol. The van der Waals surface area contributed by atoms with E-state index in [-0.39, 0.29) is 26.1 Å². The molecule has 0 radical (unpaired) electrons. The van der Waals surface area contributed by atoms with Crippen LogP contribution < -0.4 is 5.32 Å². The SMILES string of the molecule is CCCCCCCCCCCCCCCCCCCCCCCCOC(=O)NC(COC1CC=CC(O)C(O)C1O)C(O)CC(O)CC. The van der Waals surface area contributed by atoms with Crippen molar-refractivity contribution in [3.05, 3.63) is 12.2 Å². The molecule has 0 aromatic rings. The smallest absolute Gasteiger partial charge is 0.407 e. The summed E-state index contributed by atoms with van der Waals surface area (Å²) in [7, 11) is 0. The molecule has 1 amide bonds. The standard InChI is InChI=1S/C39H75NO8/c1-3-5-6-7-8-9-10-11-12-13-14-15-16-17-18-19-20-21-22-23-24-25-29-47-39(46)40-33(35(43)30-32(41)4-2)31-48-36-28-26-27-34(42)37(44)38(36)45/h26-27,32-38,41-45H,3-25,28-31H2,1-2H3,(H,40,46). The zero-order chi connectivity index (χ0) is 35.2. The Hall–Kier alpha value is -1.23. The van der Waals surface area contributed by atoms with Crippen LogP contribution in [-0.4, -0.2) is 87.5 Å². The topological polar surface area (TPSA) is 149 Å². The molecule has 0 fully saturated rings. The fourth-order valence-electron chi connectivity index (χ4n) is 6.35. The van der Waals surface area contributed by atoms with Crippen molar-refractivity contribution in [1.82, 2.24) is 5.32 Å². The second-order valence-electron chi connectivity index (χ2n) is 14.2. The fraction of sp³-hybridized carbons (Fsp3) is 0.923. The summed E-state index contributed by atoms with van der Waals surface area (Å²) in [6, 6.07) is -0.885. The van der Waals surface area contributed by atoms with Gasteiger partial charge in [0.25, 0.3) is 0 Å². The minimum Gasteiger partial charge on any atom is -0.450 e. The molecule has 1 rings (SSSR count). The van der Waals surface area contributed by atoms with E-state index in [4.69, 9.17) is 9.47 Å².